The third-order valence-electron chi connectivity index (χ3n) is 2.27. The highest BCUT2D eigenvalue weighted by Crippen LogP contribution is 2.15. The Labute approximate surface area is 90.7 Å². The molecule has 0 amide bonds. The van der Waals surface area contributed by atoms with Gasteiger partial charge in [-0.15, -0.1) is 0 Å². The first kappa shape index (κ1) is 12.0. The van der Waals surface area contributed by atoms with Crippen LogP contribution >= 0.6 is 0 Å². The van der Waals surface area contributed by atoms with Crippen molar-refractivity contribution in [2.45, 2.75) is 31.3 Å². The molecule has 0 aromatic carbocycles. The van der Waals surface area contributed by atoms with Crippen molar-refractivity contribution in [2.24, 2.45) is 0 Å². The molecule has 0 saturated carbocycles. The van der Waals surface area contributed by atoms with Gasteiger partial charge in [-0.2, -0.15) is 0 Å². The number of rotatable bonds is 5. The van der Waals surface area contributed by atoms with E-state index in [-0.39, 0.29) is 16.6 Å². The summed E-state index contributed by atoms with van der Waals surface area (Å²) in [5, 5.41) is 8.86. The molecule has 2 atom stereocenters. The lowest BCUT2D eigenvalue weighted by atomic mass is 10.3. The van der Waals surface area contributed by atoms with Crippen LogP contribution in [-0.2, 0) is 16.6 Å². The van der Waals surface area contributed by atoms with Crippen LogP contribution in [0.15, 0.2) is 16.7 Å². The monoisotopic (exact) mass is 230 g/mol. The topological polar surface area (TPSA) is 67.5 Å². The van der Waals surface area contributed by atoms with Gasteiger partial charge in [0.1, 0.15) is 11.3 Å². The highest BCUT2D eigenvalue weighted by molar-refractivity contribution is 7.84. The van der Waals surface area contributed by atoms with E-state index in [0.29, 0.717) is 5.76 Å². The molecule has 1 aromatic heterocycles. The first-order valence-electron chi connectivity index (χ1n) is 4.73. The van der Waals surface area contributed by atoms with E-state index in [2.05, 4.69) is 0 Å². The first-order chi connectivity index (χ1) is 7.06. The molecule has 0 spiro atoms. The van der Waals surface area contributed by atoms with Crippen LogP contribution in [0, 0.1) is 0 Å². The number of hydrogen-bond donors (Lipinski definition) is 1. The third kappa shape index (κ3) is 2.92. The van der Waals surface area contributed by atoms with Gasteiger partial charge in [0.15, 0.2) is 0 Å². The van der Waals surface area contributed by atoms with E-state index in [9.17, 15) is 9.00 Å². The maximum Gasteiger partial charge on any atom is 0.339 e. The first-order valence-corrected chi connectivity index (χ1v) is 6.11. The van der Waals surface area contributed by atoms with Gasteiger partial charge >= 0.3 is 5.97 Å². The Morgan fingerprint density at radius 2 is 2.33 bits per heavy atom. The summed E-state index contributed by atoms with van der Waals surface area (Å²) in [6.07, 6.45) is 2.11. The zero-order valence-corrected chi connectivity index (χ0v) is 9.54. The maximum absolute atomic E-state index is 11.7. The zero-order chi connectivity index (χ0) is 11.4. The second-order valence-corrected chi connectivity index (χ2v) is 5.16. The van der Waals surface area contributed by atoms with Gasteiger partial charge in [-0.3, -0.25) is 4.21 Å². The standard InChI is InChI=1S/C10H14O4S/c1-3-7(2)15(13)6-9-8(10(11)12)4-5-14-9/h4-5,7H,3,6H2,1-2H3,(H,11,12). The van der Waals surface area contributed by atoms with Crippen LogP contribution in [0.3, 0.4) is 0 Å². The van der Waals surface area contributed by atoms with Crippen LogP contribution in [-0.4, -0.2) is 20.5 Å². The Hall–Kier alpha value is -1.10. The summed E-state index contributed by atoms with van der Waals surface area (Å²) in [6, 6.07) is 1.38. The van der Waals surface area contributed by atoms with Gasteiger partial charge in [0, 0.05) is 16.0 Å². The zero-order valence-electron chi connectivity index (χ0n) is 8.73. The number of aromatic carboxylic acids is 1. The summed E-state index contributed by atoms with van der Waals surface area (Å²) < 4.78 is 16.7. The SMILES string of the molecule is CCC(C)S(=O)Cc1occc1C(=O)O. The second kappa shape index (κ2) is 5.11. The van der Waals surface area contributed by atoms with Crippen LogP contribution < -0.4 is 0 Å². The quantitative estimate of drug-likeness (QED) is 0.840. The third-order valence-corrected chi connectivity index (χ3v) is 4.05. The predicted molar refractivity (Wildman–Crippen MR) is 57.3 cm³/mol. The molecule has 15 heavy (non-hydrogen) atoms. The van der Waals surface area contributed by atoms with Crippen LogP contribution in [0.5, 0.6) is 0 Å². The van der Waals surface area contributed by atoms with Crippen molar-refractivity contribution in [1.82, 2.24) is 0 Å². The summed E-state index contributed by atoms with van der Waals surface area (Å²) >= 11 is 0. The average Bonchev–Trinajstić information content (AvgIpc) is 2.64. The molecule has 0 aliphatic carbocycles. The summed E-state index contributed by atoms with van der Waals surface area (Å²) in [6.45, 7) is 3.82. The Morgan fingerprint density at radius 3 is 2.87 bits per heavy atom. The molecule has 84 valence electrons. The molecule has 4 nitrogen and oxygen atoms in total. The minimum atomic E-state index is -1.08. The van der Waals surface area contributed by atoms with Gasteiger partial charge in [-0.1, -0.05) is 13.8 Å². The van der Waals surface area contributed by atoms with Gasteiger partial charge in [0.25, 0.3) is 0 Å². The Morgan fingerprint density at radius 1 is 1.67 bits per heavy atom. The summed E-state index contributed by atoms with van der Waals surface area (Å²) in [5.41, 5.74) is 0.103. The molecule has 0 saturated heterocycles. The van der Waals surface area contributed by atoms with Crippen LogP contribution in [0.1, 0.15) is 36.4 Å². The molecule has 1 N–H and O–H groups in total. The van der Waals surface area contributed by atoms with Crippen LogP contribution in [0.2, 0.25) is 0 Å². The summed E-state index contributed by atoms with van der Waals surface area (Å²) in [4.78, 5) is 10.7. The van der Waals surface area contributed by atoms with E-state index in [1.54, 1.807) is 0 Å². The van der Waals surface area contributed by atoms with Crippen molar-refractivity contribution in [3.05, 3.63) is 23.7 Å². The molecule has 0 aliphatic heterocycles. The molecule has 0 bridgehead atoms. The largest absolute Gasteiger partial charge is 0.478 e. The fourth-order valence-electron chi connectivity index (χ4n) is 1.10. The van der Waals surface area contributed by atoms with E-state index in [1.807, 2.05) is 13.8 Å². The molecule has 1 rings (SSSR count). The summed E-state index contributed by atoms with van der Waals surface area (Å²) in [7, 11) is -1.08. The lowest BCUT2D eigenvalue weighted by Crippen LogP contribution is -2.12. The van der Waals surface area contributed by atoms with Gasteiger partial charge in [-0.05, 0) is 12.5 Å². The van der Waals surface area contributed by atoms with E-state index in [4.69, 9.17) is 9.52 Å². The van der Waals surface area contributed by atoms with Gasteiger partial charge in [0.2, 0.25) is 0 Å². The van der Waals surface area contributed by atoms with Crippen molar-refractivity contribution in [3.8, 4) is 0 Å². The van der Waals surface area contributed by atoms with E-state index >= 15 is 0 Å². The van der Waals surface area contributed by atoms with E-state index in [0.717, 1.165) is 6.42 Å². The van der Waals surface area contributed by atoms with Crippen molar-refractivity contribution < 1.29 is 18.5 Å². The van der Waals surface area contributed by atoms with Crippen molar-refractivity contribution in [1.29, 1.82) is 0 Å². The number of hydrogen-bond acceptors (Lipinski definition) is 3. The van der Waals surface area contributed by atoms with Crippen molar-refractivity contribution >= 4 is 16.8 Å². The lowest BCUT2D eigenvalue weighted by Gasteiger charge is -2.07. The molecule has 1 aromatic rings. The minimum Gasteiger partial charge on any atom is -0.478 e. The highest BCUT2D eigenvalue weighted by atomic mass is 32.2. The normalized spacial score (nSPS) is 14.8. The van der Waals surface area contributed by atoms with Crippen LogP contribution in [0.4, 0.5) is 0 Å². The molecule has 1 heterocycles. The van der Waals surface area contributed by atoms with Crippen molar-refractivity contribution in [2.75, 3.05) is 0 Å². The van der Waals surface area contributed by atoms with E-state index < -0.39 is 16.8 Å². The number of carbonyl (C=O) groups is 1. The highest BCUT2D eigenvalue weighted by Gasteiger charge is 2.18. The Bertz CT molecular complexity index is 369. The van der Waals surface area contributed by atoms with Gasteiger partial charge in [0.05, 0.1) is 12.0 Å². The Balaban J connectivity index is 2.76. The smallest absolute Gasteiger partial charge is 0.339 e. The number of carboxylic acids is 1. The predicted octanol–water partition coefficient (Wildman–Crippen LogP) is 2.02. The van der Waals surface area contributed by atoms with Gasteiger partial charge in [-0.25, -0.2) is 4.79 Å². The molecule has 0 fully saturated rings. The minimum absolute atomic E-state index is 0.0525. The maximum atomic E-state index is 11.7. The molecule has 0 radical (unpaired) electrons. The lowest BCUT2D eigenvalue weighted by molar-refractivity contribution is 0.0695. The molecular weight excluding hydrogens is 216 g/mol. The number of furan rings is 1. The second-order valence-electron chi connectivity index (χ2n) is 3.31. The molecule has 5 heteroatoms. The van der Waals surface area contributed by atoms with Crippen molar-refractivity contribution in [3.63, 3.8) is 0 Å². The fourth-order valence-corrected chi connectivity index (χ4v) is 2.24. The molecule has 2 unspecified atom stereocenters. The Kier molecular flexibility index (Phi) is 4.08. The summed E-state index contributed by atoms with van der Waals surface area (Å²) in [5.74, 6) is -0.579. The van der Waals surface area contributed by atoms with E-state index in [1.165, 1.54) is 12.3 Å². The fraction of sp³-hybridized carbons (Fsp3) is 0.500. The van der Waals surface area contributed by atoms with Gasteiger partial charge < -0.3 is 9.52 Å². The average molecular weight is 230 g/mol. The molecular formula is C10H14O4S. The number of carboxylic acid groups (broad SMARTS) is 1. The molecule has 0 aliphatic rings. The van der Waals surface area contributed by atoms with Crippen LogP contribution in [0.25, 0.3) is 0 Å².